The number of hydrogen-bond donors (Lipinski definition) is 1. The Labute approximate surface area is 267 Å². The first-order valence-electron chi connectivity index (χ1n) is 15.5. The first kappa shape index (κ1) is 32.5. The number of nitrogens with zero attached hydrogens (tertiary/aromatic N) is 2. The molecule has 9 nitrogen and oxygen atoms in total. The van der Waals surface area contributed by atoms with E-state index in [4.69, 9.17) is 4.74 Å². The lowest BCUT2D eigenvalue weighted by atomic mass is 9.94. The molecule has 1 aliphatic carbocycles. The molecule has 3 aromatic carbocycles. The molecule has 240 valence electrons. The van der Waals surface area contributed by atoms with Crippen molar-refractivity contribution in [3.63, 3.8) is 0 Å². The number of amides is 3. The summed E-state index contributed by atoms with van der Waals surface area (Å²) in [5.41, 5.74) is 3.17. The predicted octanol–water partition coefficient (Wildman–Crippen LogP) is 5.59. The lowest BCUT2D eigenvalue weighted by Crippen LogP contribution is -2.46. The van der Waals surface area contributed by atoms with Crippen LogP contribution in [-0.4, -0.2) is 58.4 Å². The van der Waals surface area contributed by atoms with Crippen LogP contribution in [0.4, 0.5) is 14.9 Å². The van der Waals surface area contributed by atoms with E-state index in [1.54, 1.807) is 36.4 Å². The van der Waals surface area contributed by atoms with Crippen molar-refractivity contribution in [1.29, 1.82) is 0 Å². The summed E-state index contributed by atoms with van der Waals surface area (Å²) in [6.45, 7) is 5.39. The SMILES string of the molecule is CC(=O)c1ccc(CCC(=O)CCNc2ccc3c(c2)CC[C@@]32OC(=O)N(CC(=O)N(Cc3ccc(F)cc3)C(C)C)C2=O)cc1. The predicted molar refractivity (Wildman–Crippen MR) is 170 cm³/mol. The number of Topliss-reactive ketones (excluding diaryl/α,β-unsaturated/α-hetero) is 2. The molecule has 0 radical (unpaired) electrons. The highest BCUT2D eigenvalue weighted by Gasteiger charge is 2.58. The van der Waals surface area contributed by atoms with Crippen LogP contribution in [0.5, 0.6) is 0 Å². The Morgan fingerprint density at radius 2 is 1.67 bits per heavy atom. The summed E-state index contributed by atoms with van der Waals surface area (Å²) in [5.74, 6) is -1.22. The van der Waals surface area contributed by atoms with Crippen LogP contribution in [0.3, 0.4) is 0 Å². The smallest absolute Gasteiger partial charge is 0.418 e. The van der Waals surface area contributed by atoms with Gasteiger partial charge in [0.25, 0.3) is 5.91 Å². The second-order valence-corrected chi connectivity index (χ2v) is 12.2. The number of aryl methyl sites for hydroxylation is 2. The van der Waals surface area contributed by atoms with E-state index in [-0.39, 0.29) is 36.4 Å². The average molecular weight is 628 g/mol. The fourth-order valence-corrected chi connectivity index (χ4v) is 6.00. The van der Waals surface area contributed by atoms with Crippen LogP contribution >= 0.6 is 0 Å². The van der Waals surface area contributed by atoms with E-state index >= 15 is 0 Å². The fourth-order valence-electron chi connectivity index (χ4n) is 6.00. The molecule has 10 heteroatoms. The molecular weight excluding hydrogens is 589 g/mol. The third-order valence-corrected chi connectivity index (χ3v) is 8.65. The Morgan fingerprint density at radius 1 is 0.978 bits per heavy atom. The van der Waals surface area contributed by atoms with E-state index in [9.17, 15) is 28.4 Å². The van der Waals surface area contributed by atoms with E-state index in [1.165, 1.54) is 24.0 Å². The van der Waals surface area contributed by atoms with Gasteiger partial charge in [-0.3, -0.25) is 19.2 Å². The van der Waals surface area contributed by atoms with Crippen LogP contribution in [0, 0.1) is 5.82 Å². The molecule has 0 aromatic heterocycles. The number of carbonyl (C=O) groups excluding carboxylic acids is 5. The van der Waals surface area contributed by atoms with E-state index in [0.29, 0.717) is 43.4 Å². The van der Waals surface area contributed by atoms with Gasteiger partial charge in [-0.05, 0) is 74.6 Å². The summed E-state index contributed by atoms with van der Waals surface area (Å²) in [6, 6.07) is 18.4. The molecule has 0 bridgehead atoms. The van der Waals surface area contributed by atoms with Gasteiger partial charge in [0.05, 0.1) is 0 Å². The molecule has 2 aliphatic rings. The van der Waals surface area contributed by atoms with Crippen molar-refractivity contribution in [2.45, 2.75) is 71.1 Å². The molecule has 5 rings (SSSR count). The highest BCUT2D eigenvalue weighted by Crippen LogP contribution is 2.46. The Kier molecular flexibility index (Phi) is 9.65. The van der Waals surface area contributed by atoms with Gasteiger partial charge in [0.2, 0.25) is 11.5 Å². The van der Waals surface area contributed by atoms with Crippen molar-refractivity contribution in [3.05, 3.63) is 100 Å². The van der Waals surface area contributed by atoms with Gasteiger partial charge in [-0.1, -0.05) is 42.5 Å². The number of carbonyl (C=O) groups is 5. The molecule has 1 fully saturated rings. The summed E-state index contributed by atoms with van der Waals surface area (Å²) in [7, 11) is 0. The van der Waals surface area contributed by atoms with E-state index in [0.717, 1.165) is 27.3 Å². The second kappa shape index (κ2) is 13.6. The van der Waals surface area contributed by atoms with Crippen molar-refractivity contribution >= 4 is 35.2 Å². The van der Waals surface area contributed by atoms with E-state index in [2.05, 4.69) is 5.32 Å². The van der Waals surface area contributed by atoms with Crippen LogP contribution in [0.1, 0.15) is 72.6 Å². The molecule has 1 N–H and O–H groups in total. The molecule has 1 atom stereocenters. The van der Waals surface area contributed by atoms with Crippen molar-refractivity contribution in [2.75, 3.05) is 18.4 Å². The largest absolute Gasteiger partial charge is 0.427 e. The Morgan fingerprint density at radius 3 is 2.35 bits per heavy atom. The van der Waals surface area contributed by atoms with Gasteiger partial charge in [-0.15, -0.1) is 0 Å². The third-order valence-electron chi connectivity index (χ3n) is 8.65. The fraction of sp³-hybridized carbons (Fsp3) is 0.361. The molecule has 3 amide bonds. The number of ketones is 2. The van der Waals surface area contributed by atoms with Gasteiger partial charge < -0.3 is 15.0 Å². The van der Waals surface area contributed by atoms with Crippen LogP contribution < -0.4 is 5.32 Å². The lowest BCUT2D eigenvalue weighted by molar-refractivity contribution is -0.142. The number of imide groups is 1. The summed E-state index contributed by atoms with van der Waals surface area (Å²) in [4.78, 5) is 66.2. The maximum absolute atomic E-state index is 13.7. The topological polar surface area (TPSA) is 113 Å². The van der Waals surface area contributed by atoms with Gasteiger partial charge in [-0.2, -0.15) is 0 Å². The molecule has 0 unspecified atom stereocenters. The van der Waals surface area contributed by atoms with Crippen LogP contribution in [-0.2, 0) is 44.1 Å². The summed E-state index contributed by atoms with van der Waals surface area (Å²) >= 11 is 0. The highest BCUT2D eigenvalue weighted by molar-refractivity contribution is 6.06. The van der Waals surface area contributed by atoms with Gasteiger partial charge in [0.1, 0.15) is 18.1 Å². The third kappa shape index (κ3) is 7.01. The summed E-state index contributed by atoms with van der Waals surface area (Å²) < 4.78 is 19.1. The van der Waals surface area contributed by atoms with Crippen LogP contribution in [0.15, 0.2) is 66.7 Å². The first-order valence-corrected chi connectivity index (χ1v) is 15.5. The molecular formula is C36H38FN3O6. The van der Waals surface area contributed by atoms with Gasteiger partial charge in [-0.25, -0.2) is 14.1 Å². The number of fused-ring (bicyclic) bond motifs is 2. The number of nitrogens with one attached hydrogen (secondary N) is 1. The first-order chi connectivity index (χ1) is 22.0. The van der Waals surface area contributed by atoms with Gasteiger partial charge in [0.15, 0.2) is 5.78 Å². The number of anilines is 1. The molecule has 1 spiro atoms. The maximum atomic E-state index is 13.7. The Bertz CT molecular complexity index is 1650. The van der Waals surface area contributed by atoms with Crippen molar-refractivity contribution < 1.29 is 33.1 Å². The van der Waals surface area contributed by atoms with E-state index < -0.39 is 30.1 Å². The standard InChI is InChI=1S/C36H38FN3O6/c1-23(2)39(21-26-6-11-29(37)12-7-26)33(43)22-40-34(44)36(46-35(40)45)18-16-28-20-30(13-15-32(28)36)38-19-17-31(42)14-8-25-4-9-27(10-5-25)24(3)41/h4-7,9-13,15,20,23,38H,8,14,16-19,21-22H2,1-3H3/t36-/m1/s1. The molecule has 0 saturated carbocycles. The quantitative estimate of drug-likeness (QED) is 0.246. The minimum atomic E-state index is -1.47. The van der Waals surface area contributed by atoms with Gasteiger partial charge in [0, 0.05) is 55.2 Å². The van der Waals surface area contributed by atoms with Crippen molar-refractivity contribution in [3.8, 4) is 0 Å². The number of rotatable bonds is 13. The Hall–Kier alpha value is -4.86. The zero-order valence-corrected chi connectivity index (χ0v) is 26.3. The molecule has 3 aromatic rings. The van der Waals surface area contributed by atoms with Gasteiger partial charge >= 0.3 is 6.09 Å². The maximum Gasteiger partial charge on any atom is 0.418 e. The molecule has 1 heterocycles. The minimum absolute atomic E-state index is 0.00852. The van der Waals surface area contributed by atoms with Crippen molar-refractivity contribution in [2.24, 2.45) is 0 Å². The molecule has 1 saturated heterocycles. The number of hydrogen-bond acceptors (Lipinski definition) is 7. The normalized spacial score (nSPS) is 16.9. The highest BCUT2D eigenvalue weighted by atomic mass is 19.1. The average Bonchev–Trinajstić information content (AvgIpc) is 3.51. The molecule has 1 aliphatic heterocycles. The zero-order chi connectivity index (χ0) is 33.0. The summed E-state index contributed by atoms with van der Waals surface area (Å²) in [5, 5.41) is 3.27. The molecule has 46 heavy (non-hydrogen) atoms. The monoisotopic (exact) mass is 627 g/mol. The number of halogens is 1. The van der Waals surface area contributed by atoms with E-state index in [1.807, 2.05) is 32.0 Å². The second-order valence-electron chi connectivity index (χ2n) is 12.2. The number of ether oxygens (including phenoxy) is 1. The number of benzene rings is 3. The minimum Gasteiger partial charge on any atom is -0.427 e. The van der Waals surface area contributed by atoms with Crippen LogP contribution in [0.25, 0.3) is 0 Å². The zero-order valence-electron chi connectivity index (χ0n) is 26.3. The summed E-state index contributed by atoms with van der Waals surface area (Å²) in [6.07, 6.45) is 1.29. The lowest BCUT2D eigenvalue weighted by Gasteiger charge is -2.28. The van der Waals surface area contributed by atoms with Crippen molar-refractivity contribution in [1.82, 2.24) is 9.80 Å². The Balaban J connectivity index is 1.16. The van der Waals surface area contributed by atoms with Crippen LogP contribution in [0.2, 0.25) is 0 Å².